The zero-order valence-electron chi connectivity index (χ0n) is 22.7. The number of nitrogens with zero attached hydrogens (tertiary/aromatic N) is 6. The van der Waals surface area contributed by atoms with Gasteiger partial charge in [-0.3, -0.25) is 9.59 Å². The number of rotatable bonds is 9. The number of benzene rings is 1. The molecule has 1 aromatic carbocycles. The molecule has 2 heterocycles. The molecule has 3 aromatic rings. The van der Waals surface area contributed by atoms with E-state index >= 15 is 0 Å². The Balaban J connectivity index is 1.75. The van der Waals surface area contributed by atoms with Crippen molar-refractivity contribution in [1.82, 2.24) is 34.9 Å². The van der Waals surface area contributed by atoms with Crippen molar-refractivity contribution in [3.8, 4) is 0 Å². The number of nitrogens with two attached hydrogens (primary N) is 1. The molecule has 0 spiro atoms. The van der Waals surface area contributed by atoms with Crippen molar-refractivity contribution in [2.24, 2.45) is 0 Å². The summed E-state index contributed by atoms with van der Waals surface area (Å²) in [6, 6.07) is 8.95. The average molecular weight is 557 g/mol. The van der Waals surface area contributed by atoms with E-state index in [0.717, 1.165) is 15.5 Å². The summed E-state index contributed by atoms with van der Waals surface area (Å²) >= 11 is 0. The Morgan fingerprint density at radius 2 is 1.77 bits per heavy atom. The second-order valence-corrected chi connectivity index (χ2v) is 9.50. The fraction of sp³-hybridized carbons (Fsp3) is 0.400. The SMILES string of the molecule is COC(=O)CN(CCN(NC(=O)OC(C)(C)C)C(=O)OCc1ccccc1)C(=O)Cn1cnc2c(N)ncnc21. The van der Waals surface area contributed by atoms with E-state index in [-0.39, 0.29) is 32.1 Å². The second-order valence-electron chi connectivity index (χ2n) is 9.50. The molecule has 0 aliphatic carbocycles. The Labute approximate surface area is 230 Å². The minimum absolute atomic E-state index is 0.0599. The van der Waals surface area contributed by atoms with Crippen LogP contribution in [-0.2, 0) is 37.0 Å². The molecule has 0 saturated carbocycles. The largest absolute Gasteiger partial charge is 0.468 e. The summed E-state index contributed by atoms with van der Waals surface area (Å²) < 4.78 is 16.8. The van der Waals surface area contributed by atoms with Gasteiger partial charge in [0.05, 0.1) is 20.0 Å². The molecule has 0 unspecified atom stereocenters. The van der Waals surface area contributed by atoms with Crippen LogP contribution in [0.3, 0.4) is 0 Å². The second kappa shape index (κ2) is 13.2. The highest BCUT2D eigenvalue weighted by Gasteiger charge is 2.26. The summed E-state index contributed by atoms with van der Waals surface area (Å²) in [4.78, 5) is 64.0. The molecule has 3 rings (SSSR count). The Morgan fingerprint density at radius 3 is 2.45 bits per heavy atom. The average Bonchev–Trinajstić information content (AvgIpc) is 3.32. The van der Waals surface area contributed by atoms with Crippen molar-refractivity contribution in [2.75, 3.05) is 32.5 Å². The first kappa shape index (κ1) is 29.6. The Morgan fingerprint density at radius 1 is 1.05 bits per heavy atom. The predicted molar refractivity (Wildman–Crippen MR) is 141 cm³/mol. The van der Waals surface area contributed by atoms with Gasteiger partial charge >= 0.3 is 18.2 Å². The van der Waals surface area contributed by atoms with Crippen molar-refractivity contribution in [3.05, 3.63) is 48.5 Å². The van der Waals surface area contributed by atoms with Gasteiger partial charge in [0, 0.05) is 6.54 Å². The highest BCUT2D eigenvalue weighted by atomic mass is 16.6. The first-order valence-electron chi connectivity index (χ1n) is 12.2. The van der Waals surface area contributed by atoms with Crippen molar-refractivity contribution in [1.29, 1.82) is 0 Å². The Hall–Kier alpha value is -4.95. The summed E-state index contributed by atoms with van der Waals surface area (Å²) in [6.07, 6.45) is 0.819. The summed E-state index contributed by atoms with van der Waals surface area (Å²) in [5.74, 6) is -1.05. The van der Waals surface area contributed by atoms with E-state index < -0.39 is 36.2 Å². The van der Waals surface area contributed by atoms with Gasteiger partial charge in [0.1, 0.15) is 37.1 Å². The molecule has 40 heavy (non-hydrogen) atoms. The number of nitrogen functional groups attached to an aromatic ring is 1. The summed E-state index contributed by atoms with van der Waals surface area (Å²) in [5.41, 5.74) is 8.71. The van der Waals surface area contributed by atoms with Gasteiger partial charge in [-0.05, 0) is 26.3 Å². The molecule has 3 amide bonds. The molecule has 0 bridgehead atoms. The van der Waals surface area contributed by atoms with Gasteiger partial charge in [0.15, 0.2) is 11.5 Å². The number of ether oxygens (including phenoxy) is 3. The van der Waals surface area contributed by atoms with Crippen LogP contribution in [0.25, 0.3) is 11.2 Å². The number of hydrogen-bond acceptors (Lipinski definition) is 11. The molecule has 3 N–H and O–H groups in total. The van der Waals surface area contributed by atoms with E-state index in [0.29, 0.717) is 11.2 Å². The van der Waals surface area contributed by atoms with Crippen molar-refractivity contribution < 1.29 is 33.4 Å². The quantitative estimate of drug-likeness (QED) is 0.221. The van der Waals surface area contributed by atoms with E-state index in [1.807, 2.05) is 6.07 Å². The van der Waals surface area contributed by atoms with E-state index in [4.69, 9.17) is 19.9 Å². The van der Waals surface area contributed by atoms with Gasteiger partial charge in [0.25, 0.3) is 0 Å². The number of anilines is 1. The maximum absolute atomic E-state index is 13.2. The number of amides is 3. The van der Waals surface area contributed by atoms with E-state index in [1.54, 1.807) is 45.0 Å². The van der Waals surface area contributed by atoms with Crippen LogP contribution in [0.4, 0.5) is 15.4 Å². The minimum atomic E-state index is -0.905. The van der Waals surface area contributed by atoms with E-state index in [2.05, 4.69) is 20.4 Å². The van der Waals surface area contributed by atoms with Crippen LogP contribution in [0, 0.1) is 0 Å². The van der Waals surface area contributed by atoms with Crippen LogP contribution >= 0.6 is 0 Å². The van der Waals surface area contributed by atoms with Gasteiger partial charge in [-0.1, -0.05) is 30.3 Å². The van der Waals surface area contributed by atoms with Gasteiger partial charge in [-0.15, -0.1) is 0 Å². The standard InChI is InChI=1S/C25H32N8O7/c1-25(2,3)40-23(36)30-33(24(37)39-14-17-8-6-5-7-9-17)11-10-31(13-19(35)38-4)18(34)12-32-16-29-20-21(26)27-15-28-22(20)32/h5-9,15-16H,10-14H2,1-4H3,(H,30,36)(H2,26,27,28). The highest BCUT2D eigenvalue weighted by molar-refractivity contribution is 5.85. The molecular formula is C25H32N8O7. The maximum atomic E-state index is 13.2. The van der Waals surface area contributed by atoms with Crippen LogP contribution in [0.1, 0.15) is 26.3 Å². The monoisotopic (exact) mass is 556 g/mol. The van der Waals surface area contributed by atoms with E-state index in [9.17, 15) is 19.2 Å². The molecule has 0 saturated heterocycles. The molecule has 15 nitrogen and oxygen atoms in total. The van der Waals surface area contributed by atoms with Crippen molar-refractivity contribution >= 4 is 41.0 Å². The summed E-state index contributed by atoms with van der Waals surface area (Å²) in [6.45, 7) is 3.86. The zero-order chi connectivity index (χ0) is 29.3. The van der Waals surface area contributed by atoms with Gasteiger partial charge < -0.3 is 29.4 Å². The van der Waals surface area contributed by atoms with Crippen molar-refractivity contribution in [2.45, 2.75) is 39.5 Å². The first-order valence-corrected chi connectivity index (χ1v) is 12.2. The third-order valence-corrected chi connectivity index (χ3v) is 5.28. The molecule has 15 heteroatoms. The molecule has 0 aliphatic rings. The highest BCUT2D eigenvalue weighted by Crippen LogP contribution is 2.14. The van der Waals surface area contributed by atoms with Crippen LogP contribution in [0.15, 0.2) is 43.0 Å². The summed E-state index contributed by atoms with van der Waals surface area (Å²) in [7, 11) is 1.19. The third-order valence-electron chi connectivity index (χ3n) is 5.28. The topological polar surface area (TPSA) is 184 Å². The lowest BCUT2D eigenvalue weighted by molar-refractivity contribution is -0.147. The molecule has 0 atom stereocenters. The number of carbonyl (C=O) groups excluding carboxylic acids is 4. The normalized spacial score (nSPS) is 11.0. The third kappa shape index (κ3) is 8.54. The van der Waals surface area contributed by atoms with Gasteiger partial charge in [-0.25, -0.2) is 35.0 Å². The van der Waals surface area contributed by atoms with Gasteiger partial charge in [-0.2, -0.15) is 0 Å². The molecule has 214 valence electrons. The van der Waals surface area contributed by atoms with E-state index in [1.165, 1.54) is 24.3 Å². The molecule has 0 radical (unpaired) electrons. The lowest BCUT2D eigenvalue weighted by Gasteiger charge is -2.28. The number of carbonyl (C=O) groups is 4. The Kier molecular flexibility index (Phi) is 9.78. The van der Waals surface area contributed by atoms with Crippen LogP contribution in [-0.4, -0.2) is 85.8 Å². The fourth-order valence-corrected chi connectivity index (χ4v) is 3.39. The molecule has 2 aromatic heterocycles. The van der Waals surface area contributed by atoms with Gasteiger partial charge in [0.2, 0.25) is 5.91 Å². The first-order chi connectivity index (χ1) is 19.0. The molecule has 0 aliphatic heterocycles. The number of aromatic nitrogens is 4. The van der Waals surface area contributed by atoms with Crippen LogP contribution in [0.2, 0.25) is 0 Å². The number of nitrogens with one attached hydrogen (secondary N) is 1. The molecule has 0 fully saturated rings. The number of hydrazine groups is 1. The van der Waals surface area contributed by atoms with Crippen LogP contribution < -0.4 is 11.2 Å². The summed E-state index contributed by atoms with van der Waals surface area (Å²) in [5, 5.41) is 0.870. The maximum Gasteiger partial charge on any atom is 0.429 e. The number of esters is 1. The number of imidazole rings is 1. The lowest BCUT2D eigenvalue weighted by Crippen LogP contribution is -2.52. The zero-order valence-corrected chi connectivity index (χ0v) is 22.7. The predicted octanol–water partition coefficient (Wildman–Crippen LogP) is 1.49. The lowest BCUT2D eigenvalue weighted by atomic mass is 10.2. The molecular weight excluding hydrogens is 524 g/mol. The van der Waals surface area contributed by atoms with Crippen LogP contribution in [0.5, 0.6) is 0 Å². The number of methoxy groups -OCH3 is 1. The number of hydrogen-bond donors (Lipinski definition) is 2. The fourth-order valence-electron chi connectivity index (χ4n) is 3.39. The number of fused-ring (bicyclic) bond motifs is 1. The Bertz CT molecular complexity index is 1340. The smallest absolute Gasteiger partial charge is 0.429 e. The van der Waals surface area contributed by atoms with Crippen molar-refractivity contribution in [3.63, 3.8) is 0 Å². The minimum Gasteiger partial charge on any atom is -0.468 e.